The molecule has 0 aromatic heterocycles. The molecule has 6 nitrogen and oxygen atoms in total. The Bertz CT molecular complexity index is 603. The fourth-order valence-corrected chi connectivity index (χ4v) is 3.34. The van der Waals surface area contributed by atoms with Crippen molar-refractivity contribution in [2.45, 2.75) is 45.1 Å². The summed E-state index contributed by atoms with van der Waals surface area (Å²) in [5.74, 6) is -0.717. The first-order valence-corrected chi connectivity index (χ1v) is 8.77. The Morgan fingerprint density at radius 3 is 2.64 bits per heavy atom. The standard InChI is InChI=1S/C19H26N2O4/c1-14(22)20-17(16-7-3-2-4-8-16)12-18(23)21-11-5-6-15(13-21)9-10-19(24)25/h2-4,7-8,15,17H,5-6,9-13H2,1H3,(H,20,22)(H,24,25)/t15-,17+/m1/s1. The minimum absolute atomic E-state index is 0.00243. The number of carboxylic acid groups (broad SMARTS) is 1. The molecule has 0 aliphatic carbocycles. The first-order valence-electron chi connectivity index (χ1n) is 8.77. The van der Waals surface area contributed by atoms with Gasteiger partial charge in [-0.1, -0.05) is 30.3 Å². The maximum atomic E-state index is 12.7. The van der Waals surface area contributed by atoms with E-state index in [1.165, 1.54) is 6.92 Å². The van der Waals surface area contributed by atoms with Crippen molar-refractivity contribution >= 4 is 17.8 Å². The average Bonchev–Trinajstić information content (AvgIpc) is 2.60. The molecule has 0 bridgehead atoms. The summed E-state index contributed by atoms with van der Waals surface area (Å²) in [5, 5.41) is 11.7. The second kappa shape index (κ2) is 9.20. The topological polar surface area (TPSA) is 86.7 Å². The average molecular weight is 346 g/mol. The molecular formula is C19H26N2O4. The Hall–Kier alpha value is -2.37. The molecule has 0 saturated carbocycles. The van der Waals surface area contributed by atoms with Gasteiger partial charge >= 0.3 is 5.97 Å². The van der Waals surface area contributed by atoms with E-state index < -0.39 is 5.97 Å². The monoisotopic (exact) mass is 346 g/mol. The number of carboxylic acids is 1. The fraction of sp³-hybridized carbons (Fsp3) is 0.526. The second-order valence-electron chi connectivity index (χ2n) is 6.65. The molecule has 0 unspecified atom stereocenters. The molecule has 2 rings (SSSR count). The van der Waals surface area contributed by atoms with Crippen LogP contribution in [0.3, 0.4) is 0 Å². The van der Waals surface area contributed by atoms with Crippen molar-refractivity contribution in [1.29, 1.82) is 0 Å². The van der Waals surface area contributed by atoms with Crippen molar-refractivity contribution in [3.8, 4) is 0 Å². The molecule has 2 amide bonds. The van der Waals surface area contributed by atoms with Crippen molar-refractivity contribution in [2.24, 2.45) is 5.92 Å². The van der Waals surface area contributed by atoms with Gasteiger partial charge in [-0.15, -0.1) is 0 Å². The van der Waals surface area contributed by atoms with Crippen LogP contribution in [0.5, 0.6) is 0 Å². The molecule has 1 saturated heterocycles. The van der Waals surface area contributed by atoms with Crippen molar-refractivity contribution < 1.29 is 19.5 Å². The maximum absolute atomic E-state index is 12.7. The Balaban J connectivity index is 1.97. The van der Waals surface area contributed by atoms with E-state index in [-0.39, 0.29) is 36.6 Å². The number of aliphatic carboxylic acids is 1. The number of hydrogen-bond donors (Lipinski definition) is 2. The third kappa shape index (κ3) is 6.21. The van der Waals surface area contributed by atoms with Crippen LogP contribution >= 0.6 is 0 Å². The Morgan fingerprint density at radius 2 is 2.00 bits per heavy atom. The minimum atomic E-state index is -0.793. The van der Waals surface area contributed by atoms with E-state index in [1.54, 1.807) is 0 Å². The Kier molecular flexibility index (Phi) is 6.98. The van der Waals surface area contributed by atoms with Crippen molar-refractivity contribution in [3.05, 3.63) is 35.9 Å². The van der Waals surface area contributed by atoms with Gasteiger partial charge in [-0.05, 0) is 30.7 Å². The minimum Gasteiger partial charge on any atom is -0.481 e. The molecule has 1 fully saturated rings. The van der Waals surface area contributed by atoms with Crippen LogP contribution < -0.4 is 5.32 Å². The molecule has 1 aliphatic heterocycles. The van der Waals surface area contributed by atoms with Crippen molar-refractivity contribution in [2.75, 3.05) is 13.1 Å². The summed E-state index contributed by atoms with van der Waals surface area (Å²) < 4.78 is 0. The van der Waals surface area contributed by atoms with Crippen LogP contribution in [0.25, 0.3) is 0 Å². The van der Waals surface area contributed by atoms with Crippen LogP contribution in [0.4, 0.5) is 0 Å². The molecule has 25 heavy (non-hydrogen) atoms. The second-order valence-corrected chi connectivity index (χ2v) is 6.65. The van der Waals surface area contributed by atoms with Crippen LogP contribution in [0.1, 0.15) is 50.6 Å². The molecule has 2 atom stereocenters. The summed E-state index contributed by atoms with van der Waals surface area (Å²) in [6, 6.07) is 9.13. The van der Waals surface area contributed by atoms with Gasteiger partial charge in [-0.2, -0.15) is 0 Å². The summed E-state index contributed by atoms with van der Waals surface area (Å²) in [6.45, 7) is 2.75. The van der Waals surface area contributed by atoms with Crippen LogP contribution in [0.2, 0.25) is 0 Å². The predicted octanol–water partition coefficient (Wildman–Crippen LogP) is 2.36. The van der Waals surface area contributed by atoms with Crippen LogP contribution in [0, 0.1) is 5.92 Å². The highest BCUT2D eigenvalue weighted by Crippen LogP contribution is 2.24. The zero-order valence-electron chi connectivity index (χ0n) is 14.6. The van der Waals surface area contributed by atoms with Gasteiger partial charge in [0.25, 0.3) is 0 Å². The Labute approximate surface area is 148 Å². The van der Waals surface area contributed by atoms with E-state index >= 15 is 0 Å². The van der Waals surface area contributed by atoms with E-state index in [0.717, 1.165) is 18.4 Å². The smallest absolute Gasteiger partial charge is 0.303 e. The molecule has 6 heteroatoms. The number of rotatable bonds is 7. The SMILES string of the molecule is CC(=O)N[C@@H](CC(=O)N1CCC[C@H](CCC(=O)O)C1)c1ccccc1. The molecule has 0 spiro atoms. The third-order valence-electron chi connectivity index (χ3n) is 4.60. The van der Waals surface area contributed by atoms with E-state index in [1.807, 2.05) is 35.2 Å². The van der Waals surface area contributed by atoms with Gasteiger partial charge < -0.3 is 15.3 Å². The normalized spacial score (nSPS) is 18.4. The zero-order valence-corrected chi connectivity index (χ0v) is 14.6. The lowest BCUT2D eigenvalue weighted by Crippen LogP contribution is -2.42. The lowest BCUT2D eigenvalue weighted by atomic mass is 9.92. The van der Waals surface area contributed by atoms with E-state index in [4.69, 9.17) is 5.11 Å². The summed E-state index contributed by atoms with van der Waals surface area (Å²) in [4.78, 5) is 36.8. The summed E-state index contributed by atoms with van der Waals surface area (Å²) in [7, 11) is 0. The van der Waals surface area contributed by atoms with Crippen molar-refractivity contribution in [3.63, 3.8) is 0 Å². The molecule has 136 valence electrons. The van der Waals surface area contributed by atoms with E-state index in [9.17, 15) is 14.4 Å². The summed E-state index contributed by atoms with van der Waals surface area (Å²) >= 11 is 0. The van der Waals surface area contributed by atoms with E-state index in [0.29, 0.717) is 19.5 Å². The third-order valence-corrected chi connectivity index (χ3v) is 4.60. The first-order chi connectivity index (χ1) is 12.0. The van der Waals surface area contributed by atoms with Gasteiger partial charge in [0.2, 0.25) is 11.8 Å². The van der Waals surface area contributed by atoms with Gasteiger partial charge in [-0.3, -0.25) is 14.4 Å². The molecule has 2 N–H and O–H groups in total. The Morgan fingerprint density at radius 1 is 1.28 bits per heavy atom. The molecule has 1 aromatic rings. The number of likely N-dealkylation sites (tertiary alicyclic amines) is 1. The zero-order chi connectivity index (χ0) is 18.2. The number of carbonyl (C=O) groups excluding carboxylic acids is 2. The highest BCUT2D eigenvalue weighted by Gasteiger charge is 2.26. The fourth-order valence-electron chi connectivity index (χ4n) is 3.34. The molecule has 1 aliphatic rings. The van der Waals surface area contributed by atoms with Gasteiger partial charge in [0, 0.05) is 26.4 Å². The van der Waals surface area contributed by atoms with Crippen LogP contribution in [-0.2, 0) is 14.4 Å². The van der Waals surface area contributed by atoms with Crippen LogP contribution in [-0.4, -0.2) is 40.9 Å². The van der Waals surface area contributed by atoms with Crippen molar-refractivity contribution in [1.82, 2.24) is 10.2 Å². The quantitative estimate of drug-likeness (QED) is 0.793. The molecule has 1 aromatic carbocycles. The summed E-state index contributed by atoms with van der Waals surface area (Å²) in [6.07, 6.45) is 2.82. The van der Waals surface area contributed by atoms with Gasteiger partial charge in [0.05, 0.1) is 12.5 Å². The van der Waals surface area contributed by atoms with Crippen LogP contribution in [0.15, 0.2) is 30.3 Å². The predicted molar refractivity (Wildman–Crippen MR) is 93.8 cm³/mol. The highest BCUT2D eigenvalue weighted by atomic mass is 16.4. The lowest BCUT2D eigenvalue weighted by molar-refractivity contribution is -0.137. The number of piperidine rings is 1. The highest BCUT2D eigenvalue weighted by molar-refractivity contribution is 5.79. The number of amides is 2. The maximum Gasteiger partial charge on any atom is 0.303 e. The molecular weight excluding hydrogens is 320 g/mol. The number of carbonyl (C=O) groups is 3. The number of nitrogens with zero attached hydrogens (tertiary/aromatic N) is 1. The van der Waals surface area contributed by atoms with Gasteiger partial charge in [0.1, 0.15) is 0 Å². The first kappa shape index (κ1) is 19.0. The number of benzene rings is 1. The van der Waals surface area contributed by atoms with E-state index in [2.05, 4.69) is 5.32 Å². The molecule has 1 heterocycles. The molecule has 0 radical (unpaired) electrons. The number of hydrogen-bond acceptors (Lipinski definition) is 3. The lowest BCUT2D eigenvalue weighted by Gasteiger charge is -2.33. The number of nitrogens with one attached hydrogen (secondary N) is 1. The van der Waals surface area contributed by atoms with Gasteiger partial charge in [-0.25, -0.2) is 0 Å². The summed E-state index contributed by atoms with van der Waals surface area (Å²) in [5.41, 5.74) is 0.908. The van der Waals surface area contributed by atoms with Gasteiger partial charge in [0.15, 0.2) is 0 Å². The largest absolute Gasteiger partial charge is 0.481 e.